The van der Waals surface area contributed by atoms with Gasteiger partial charge in [0.25, 0.3) is 0 Å². The van der Waals surface area contributed by atoms with Crippen molar-refractivity contribution in [3.05, 3.63) is 23.4 Å². The van der Waals surface area contributed by atoms with Gasteiger partial charge in [0, 0.05) is 18.3 Å². The number of hydrogen-bond donors (Lipinski definition) is 1. The summed E-state index contributed by atoms with van der Waals surface area (Å²) >= 11 is 0. The summed E-state index contributed by atoms with van der Waals surface area (Å²) in [4.78, 5) is 4.14. The average molecular weight is 262 g/mol. The first kappa shape index (κ1) is 14.8. The molecule has 0 aromatic carbocycles. The topological polar surface area (TPSA) is 34.1 Å². The zero-order valence-electron chi connectivity index (χ0n) is 10.5. The Morgan fingerprint density at radius 1 is 1.33 bits per heavy atom. The summed E-state index contributed by atoms with van der Waals surface area (Å²) in [6.07, 6.45) is -4.45. The van der Waals surface area contributed by atoms with Gasteiger partial charge in [-0.3, -0.25) is 0 Å². The standard InChI is InChI=1S/C12H17F3N2O/c1-3-10-6-9(8-16-2)7-11(17-10)18-5-4-12(13,14)15/h6-7,16H,3-5,8H2,1-2H3. The van der Waals surface area contributed by atoms with E-state index in [0.29, 0.717) is 13.0 Å². The number of nitrogens with one attached hydrogen (secondary N) is 1. The minimum Gasteiger partial charge on any atom is -0.477 e. The van der Waals surface area contributed by atoms with Crippen molar-refractivity contribution in [2.75, 3.05) is 13.7 Å². The van der Waals surface area contributed by atoms with Gasteiger partial charge in [-0.15, -0.1) is 0 Å². The molecule has 1 aromatic rings. The quantitative estimate of drug-likeness (QED) is 0.856. The first-order valence-electron chi connectivity index (χ1n) is 5.78. The highest BCUT2D eigenvalue weighted by Crippen LogP contribution is 2.20. The maximum Gasteiger partial charge on any atom is 0.392 e. The smallest absolute Gasteiger partial charge is 0.392 e. The molecule has 0 amide bonds. The first-order valence-corrected chi connectivity index (χ1v) is 5.78. The predicted molar refractivity (Wildman–Crippen MR) is 62.5 cm³/mol. The van der Waals surface area contributed by atoms with Gasteiger partial charge >= 0.3 is 6.18 Å². The molecule has 1 rings (SSSR count). The molecule has 3 nitrogen and oxygen atoms in total. The maximum absolute atomic E-state index is 12.0. The molecule has 0 saturated heterocycles. The van der Waals surface area contributed by atoms with Crippen LogP contribution >= 0.6 is 0 Å². The van der Waals surface area contributed by atoms with E-state index in [9.17, 15) is 13.2 Å². The molecule has 0 spiro atoms. The molecule has 1 heterocycles. The third kappa shape index (κ3) is 5.35. The van der Waals surface area contributed by atoms with Gasteiger partial charge in [0.15, 0.2) is 0 Å². The van der Waals surface area contributed by atoms with Gasteiger partial charge in [-0.2, -0.15) is 13.2 Å². The minimum atomic E-state index is -4.20. The van der Waals surface area contributed by atoms with Crippen molar-refractivity contribution in [1.82, 2.24) is 10.3 Å². The summed E-state index contributed by atoms with van der Waals surface area (Å²) in [5.74, 6) is 0.254. The van der Waals surface area contributed by atoms with Crippen molar-refractivity contribution in [3.8, 4) is 5.88 Å². The molecular formula is C12H17F3N2O. The molecule has 0 saturated carbocycles. The Labute approximate surface area is 104 Å². The summed E-state index contributed by atoms with van der Waals surface area (Å²) in [7, 11) is 1.80. The van der Waals surface area contributed by atoms with E-state index in [0.717, 1.165) is 11.3 Å². The fourth-order valence-corrected chi connectivity index (χ4v) is 1.45. The summed E-state index contributed by atoms with van der Waals surface area (Å²) in [6, 6.07) is 3.57. The van der Waals surface area contributed by atoms with E-state index in [-0.39, 0.29) is 5.88 Å². The third-order valence-electron chi connectivity index (χ3n) is 2.29. The molecule has 0 bridgehead atoms. The van der Waals surface area contributed by atoms with E-state index in [2.05, 4.69) is 10.3 Å². The van der Waals surface area contributed by atoms with Crippen LogP contribution in [0.1, 0.15) is 24.6 Å². The van der Waals surface area contributed by atoms with Crippen LogP contribution in [0.4, 0.5) is 13.2 Å². The van der Waals surface area contributed by atoms with Crippen LogP contribution in [0, 0.1) is 0 Å². The number of ether oxygens (including phenoxy) is 1. The molecule has 0 atom stereocenters. The number of nitrogens with zero attached hydrogens (tertiary/aromatic N) is 1. The Balaban J connectivity index is 2.66. The molecule has 102 valence electrons. The van der Waals surface area contributed by atoms with Gasteiger partial charge in [-0.05, 0) is 25.1 Å². The minimum absolute atomic E-state index is 0.254. The van der Waals surface area contributed by atoms with Crippen molar-refractivity contribution in [3.63, 3.8) is 0 Å². The Morgan fingerprint density at radius 3 is 2.61 bits per heavy atom. The average Bonchev–Trinajstić information content (AvgIpc) is 2.27. The Kier molecular flexibility index (Phi) is 5.40. The second-order valence-electron chi connectivity index (χ2n) is 3.90. The molecule has 1 aromatic heterocycles. The summed E-state index contributed by atoms with van der Waals surface area (Å²) in [5.41, 5.74) is 1.76. The SMILES string of the molecule is CCc1cc(CNC)cc(OCCC(F)(F)F)n1. The summed E-state index contributed by atoms with van der Waals surface area (Å²) in [5, 5.41) is 2.98. The van der Waals surface area contributed by atoms with E-state index < -0.39 is 19.2 Å². The zero-order valence-corrected chi connectivity index (χ0v) is 10.5. The lowest BCUT2D eigenvalue weighted by molar-refractivity contribution is -0.139. The van der Waals surface area contributed by atoms with Gasteiger partial charge in [0.05, 0.1) is 13.0 Å². The first-order chi connectivity index (χ1) is 8.44. The molecule has 1 N–H and O–H groups in total. The van der Waals surface area contributed by atoms with Crippen molar-refractivity contribution in [2.45, 2.75) is 32.5 Å². The molecule has 0 radical (unpaired) electrons. The number of rotatable bonds is 6. The van der Waals surface area contributed by atoms with Crippen LogP contribution in [0.5, 0.6) is 5.88 Å². The van der Waals surface area contributed by atoms with Gasteiger partial charge < -0.3 is 10.1 Å². The molecule has 0 aliphatic heterocycles. The summed E-state index contributed by atoms with van der Waals surface area (Å²) in [6.45, 7) is 2.17. The van der Waals surface area contributed by atoms with Crippen LogP contribution in [-0.4, -0.2) is 24.8 Å². The van der Waals surface area contributed by atoms with Gasteiger partial charge in [0.1, 0.15) is 0 Å². The van der Waals surface area contributed by atoms with Crippen LogP contribution in [0.2, 0.25) is 0 Å². The lowest BCUT2D eigenvalue weighted by Gasteiger charge is -2.10. The fourth-order valence-electron chi connectivity index (χ4n) is 1.45. The molecular weight excluding hydrogens is 245 g/mol. The molecule has 18 heavy (non-hydrogen) atoms. The normalized spacial score (nSPS) is 11.6. The predicted octanol–water partition coefficient (Wildman–Crippen LogP) is 2.69. The zero-order chi connectivity index (χ0) is 13.6. The molecule has 6 heteroatoms. The number of halogens is 3. The van der Waals surface area contributed by atoms with Gasteiger partial charge in [-0.25, -0.2) is 4.98 Å². The monoisotopic (exact) mass is 262 g/mol. The fraction of sp³-hybridized carbons (Fsp3) is 0.583. The van der Waals surface area contributed by atoms with Crippen molar-refractivity contribution < 1.29 is 17.9 Å². The molecule has 0 aliphatic rings. The summed E-state index contributed by atoms with van der Waals surface area (Å²) < 4.78 is 41.0. The highest BCUT2D eigenvalue weighted by atomic mass is 19.4. The Morgan fingerprint density at radius 2 is 2.06 bits per heavy atom. The van der Waals surface area contributed by atoms with E-state index in [1.54, 1.807) is 13.1 Å². The van der Waals surface area contributed by atoms with E-state index in [1.807, 2.05) is 13.0 Å². The third-order valence-corrected chi connectivity index (χ3v) is 2.29. The lowest BCUT2D eigenvalue weighted by atomic mass is 10.2. The lowest BCUT2D eigenvalue weighted by Crippen LogP contribution is -2.14. The van der Waals surface area contributed by atoms with Crippen LogP contribution in [0.25, 0.3) is 0 Å². The van der Waals surface area contributed by atoms with E-state index in [4.69, 9.17) is 4.74 Å². The van der Waals surface area contributed by atoms with E-state index in [1.165, 1.54) is 0 Å². The Hall–Kier alpha value is -1.30. The van der Waals surface area contributed by atoms with Crippen molar-refractivity contribution in [2.24, 2.45) is 0 Å². The maximum atomic E-state index is 12.0. The van der Waals surface area contributed by atoms with Crippen LogP contribution in [-0.2, 0) is 13.0 Å². The molecule has 0 aliphatic carbocycles. The second-order valence-corrected chi connectivity index (χ2v) is 3.90. The second kappa shape index (κ2) is 6.58. The Bertz CT molecular complexity index is 380. The van der Waals surface area contributed by atoms with Crippen LogP contribution in [0.15, 0.2) is 12.1 Å². The number of aryl methyl sites for hydroxylation is 1. The van der Waals surface area contributed by atoms with Crippen molar-refractivity contribution >= 4 is 0 Å². The van der Waals surface area contributed by atoms with Gasteiger partial charge in [-0.1, -0.05) is 6.92 Å². The molecule has 0 unspecified atom stereocenters. The number of aromatic nitrogens is 1. The van der Waals surface area contributed by atoms with Crippen LogP contribution < -0.4 is 10.1 Å². The largest absolute Gasteiger partial charge is 0.477 e. The molecule has 0 fully saturated rings. The van der Waals surface area contributed by atoms with E-state index >= 15 is 0 Å². The highest BCUT2D eigenvalue weighted by Gasteiger charge is 2.26. The number of alkyl halides is 3. The van der Waals surface area contributed by atoms with Gasteiger partial charge in [0.2, 0.25) is 5.88 Å². The van der Waals surface area contributed by atoms with Crippen molar-refractivity contribution in [1.29, 1.82) is 0 Å². The highest BCUT2D eigenvalue weighted by molar-refractivity contribution is 5.25. The number of hydrogen-bond acceptors (Lipinski definition) is 3. The number of pyridine rings is 1. The van der Waals surface area contributed by atoms with Crippen LogP contribution in [0.3, 0.4) is 0 Å².